The minimum Gasteiger partial charge on any atom is -0.486 e. The van der Waals surface area contributed by atoms with E-state index in [2.05, 4.69) is 0 Å². The minimum atomic E-state index is -0.467. The first-order valence-electron chi connectivity index (χ1n) is 7.07. The average molecular weight is 333 g/mol. The number of methoxy groups -OCH3 is 1. The summed E-state index contributed by atoms with van der Waals surface area (Å²) in [5.74, 6) is -0.320. The van der Waals surface area contributed by atoms with E-state index >= 15 is 0 Å². The molecule has 0 saturated carbocycles. The van der Waals surface area contributed by atoms with Crippen LogP contribution >= 0.6 is 11.6 Å². The van der Waals surface area contributed by atoms with E-state index in [4.69, 9.17) is 21.1 Å². The molecule has 0 spiro atoms. The quantitative estimate of drug-likeness (QED) is 0.761. The van der Waals surface area contributed by atoms with Crippen molar-refractivity contribution < 1.29 is 18.7 Å². The average Bonchev–Trinajstić information content (AvgIpc) is 2.53. The number of fused-ring (bicyclic) bond motifs is 1. The number of esters is 1. The van der Waals surface area contributed by atoms with Crippen molar-refractivity contribution in [1.82, 2.24) is 0 Å². The van der Waals surface area contributed by atoms with Crippen molar-refractivity contribution in [3.05, 3.63) is 70.0 Å². The van der Waals surface area contributed by atoms with E-state index < -0.39 is 11.8 Å². The summed E-state index contributed by atoms with van der Waals surface area (Å²) in [6, 6.07) is 9.46. The molecule has 0 radical (unpaired) electrons. The number of carbonyl (C=O) groups excluding carboxylic acids is 1. The molecule has 23 heavy (non-hydrogen) atoms. The lowest BCUT2D eigenvalue weighted by molar-refractivity contribution is 0.0600. The Morgan fingerprint density at radius 1 is 1.30 bits per heavy atom. The van der Waals surface area contributed by atoms with Gasteiger partial charge in [-0.3, -0.25) is 0 Å². The van der Waals surface area contributed by atoms with Crippen molar-refractivity contribution in [3.63, 3.8) is 0 Å². The normalized spacial score (nSPS) is 16.2. The molecule has 1 heterocycles. The van der Waals surface area contributed by atoms with E-state index in [9.17, 15) is 9.18 Å². The highest BCUT2D eigenvalue weighted by atomic mass is 35.5. The molecule has 1 aliphatic heterocycles. The molecule has 0 N–H and O–H groups in total. The summed E-state index contributed by atoms with van der Waals surface area (Å²) < 4.78 is 24.8. The number of rotatable bonds is 2. The van der Waals surface area contributed by atoms with Crippen LogP contribution < -0.4 is 4.74 Å². The molecule has 3 nitrogen and oxygen atoms in total. The molecule has 1 atom stereocenters. The Morgan fingerprint density at radius 2 is 2.09 bits per heavy atom. The van der Waals surface area contributed by atoms with Crippen LogP contribution in [0.25, 0.3) is 5.57 Å². The first kappa shape index (κ1) is 15.6. The van der Waals surface area contributed by atoms with E-state index in [-0.39, 0.29) is 6.10 Å². The molecular formula is C18H14ClFO3. The standard InChI is InChI=1S/C18H14ClFO3/c1-10-8-13(17-14(19)4-3-5-15(17)20)12-9-11(18(21)22-2)6-7-16(12)23-10/h3-10H,1-2H3. The third-order valence-corrected chi connectivity index (χ3v) is 3.95. The summed E-state index contributed by atoms with van der Waals surface area (Å²) in [6.45, 7) is 1.85. The number of halogens is 2. The predicted octanol–water partition coefficient (Wildman–Crippen LogP) is 4.48. The van der Waals surface area contributed by atoms with Gasteiger partial charge in [0.1, 0.15) is 17.7 Å². The maximum atomic E-state index is 14.3. The van der Waals surface area contributed by atoms with Crippen molar-refractivity contribution >= 4 is 23.1 Å². The maximum Gasteiger partial charge on any atom is 0.337 e. The van der Waals surface area contributed by atoms with Crippen LogP contribution in [0.2, 0.25) is 5.02 Å². The molecule has 0 bridgehead atoms. The number of benzene rings is 2. The van der Waals surface area contributed by atoms with E-state index in [1.54, 1.807) is 36.4 Å². The van der Waals surface area contributed by atoms with Crippen LogP contribution in [0.3, 0.4) is 0 Å². The first-order valence-corrected chi connectivity index (χ1v) is 7.44. The van der Waals surface area contributed by atoms with E-state index in [1.807, 2.05) is 6.92 Å². The molecule has 0 aliphatic carbocycles. The maximum absolute atomic E-state index is 14.3. The molecule has 2 aromatic carbocycles. The van der Waals surface area contributed by atoms with Gasteiger partial charge in [0.25, 0.3) is 0 Å². The number of hydrogen-bond donors (Lipinski definition) is 0. The monoisotopic (exact) mass is 332 g/mol. The van der Waals surface area contributed by atoms with Crippen LogP contribution in [0.4, 0.5) is 4.39 Å². The Bertz CT molecular complexity index is 794. The van der Waals surface area contributed by atoms with Gasteiger partial charge < -0.3 is 9.47 Å². The summed E-state index contributed by atoms with van der Waals surface area (Å²) in [7, 11) is 1.31. The van der Waals surface area contributed by atoms with Gasteiger partial charge in [0.05, 0.1) is 17.7 Å². The molecule has 1 unspecified atom stereocenters. The second-order valence-corrected chi connectivity index (χ2v) is 5.61. The third kappa shape index (κ3) is 2.82. The molecular weight excluding hydrogens is 319 g/mol. The van der Waals surface area contributed by atoms with Gasteiger partial charge >= 0.3 is 5.97 Å². The smallest absolute Gasteiger partial charge is 0.337 e. The van der Waals surface area contributed by atoms with Crippen molar-refractivity contribution in [2.75, 3.05) is 7.11 Å². The number of carbonyl (C=O) groups is 1. The highest BCUT2D eigenvalue weighted by molar-refractivity contribution is 6.32. The zero-order chi connectivity index (χ0) is 16.6. The lowest BCUT2D eigenvalue weighted by Gasteiger charge is -2.24. The first-order chi connectivity index (χ1) is 11.0. The zero-order valence-corrected chi connectivity index (χ0v) is 13.4. The van der Waals surface area contributed by atoms with Crippen molar-refractivity contribution in [2.24, 2.45) is 0 Å². The van der Waals surface area contributed by atoms with Gasteiger partial charge in [-0.05, 0) is 48.9 Å². The molecule has 0 fully saturated rings. The molecule has 1 aliphatic rings. The highest BCUT2D eigenvalue weighted by Crippen LogP contribution is 2.40. The molecule has 0 aromatic heterocycles. The molecule has 5 heteroatoms. The predicted molar refractivity (Wildman–Crippen MR) is 86.4 cm³/mol. The van der Waals surface area contributed by atoms with Gasteiger partial charge in [-0.25, -0.2) is 9.18 Å². The molecule has 0 saturated heterocycles. The van der Waals surface area contributed by atoms with E-state index in [0.717, 1.165) is 0 Å². The minimum absolute atomic E-state index is 0.239. The Morgan fingerprint density at radius 3 is 2.78 bits per heavy atom. The number of hydrogen-bond acceptors (Lipinski definition) is 3. The van der Waals surface area contributed by atoms with Crippen LogP contribution in [0.5, 0.6) is 5.75 Å². The van der Waals surface area contributed by atoms with Gasteiger partial charge in [0.2, 0.25) is 0 Å². The zero-order valence-electron chi connectivity index (χ0n) is 12.6. The van der Waals surface area contributed by atoms with Crippen LogP contribution in [-0.4, -0.2) is 19.2 Å². The Kier molecular flexibility index (Phi) is 4.09. The topological polar surface area (TPSA) is 35.5 Å². The number of ether oxygens (including phenoxy) is 2. The summed E-state index contributed by atoms with van der Waals surface area (Å²) in [4.78, 5) is 11.8. The summed E-state index contributed by atoms with van der Waals surface area (Å²) in [5, 5.41) is 0.305. The van der Waals surface area contributed by atoms with Gasteiger partial charge in [-0.2, -0.15) is 0 Å². The van der Waals surface area contributed by atoms with Gasteiger partial charge in [0.15, 0.2) is 0 Å². The van der Waals surface area contributed by atoms with Crippen molar-refractivity contribution in [2.45, 2.75) is 13.0 Å². The van der Waals surface area contributed by atoms with Gasteiger partial charge in [0, 0.05) is 11.1 Å². The summed E-state index contributed by atoms with van der Waals surface area (Å²) in [6.07, 6.45) is 1.55. The van der Waals surface area contributed by atoms with Crippen LogP contribution in [0.1, 0.15) is 28.4 Å². The second-order valence-electron chi connectivity index (χ2n) is 5.20. The molecule has 0 amide bonds. The lowest BCUT2D eigenvalue weighted by Crippen LogP contribution is -2.16. The van der Waals surface area contributed by atoms with Crippen LogP contribution in [-0.2, 0) is 4.74 Å². The van der Waals surface area contributed by atoms with E-state index in [0.29, 0.717) is 33.0 Å². The van der Waals surface area contributed by atoms with Gasteiger partial charge in [-0.1, -0.05) is 17.7 Å². The molecule has 118 valence electrons. The van der Waals surface area contributed by atoms with Gasteiger partial charge in [-0.15, -0.1) is 0 Å². The Hall–Kier alpha value is -2.33. The molecule has 3 rings (SSSR count). The SMILES string of the molecule is COC(=O)c1ccc2c(c1)C(c1c(F)cccc1Cl)=CC(C)O2. The third-order valence-electron chi connectivity index (χ3n) is 3.64. The van der Waals surface area contributed by atoms with E-state index in [1.165, 1.54) is 13.2 Å². The fraction of sp³-hybridized carbons (Fsp3) is 0.167. The van der Waals surface area contributed by atoms with Crippen LogP contribution in [0, 0.1) is 5.82 Å². The summed E-state index contributed by atoms with van der Waals surface area (Å²) >= 11 is 6.19. The largest absolute Gasteiger partial charge is 0.486 e. The summed E-state index contributed by atoms with van der Waals surface area (Å²) in [5.41, 5.74) is 1.88. The fourth-order valence-corrected chi connectivity index (χ4v) is 2.88. The lowest BCUT2D eigenvalue weighted by atomic mass is 9.92. The van der Waals surface area contributed by atoms with Crippen molar-refractivity contribution in [1.29, 1.82) is 0 Å². The Balaban J connectivity index is 2.21. The second kappa shape index (κ2) is 6.05. The highest BCUT2D eigenvalue weighted by Gasteiger charge is 2.24. The Labute approximate surface area is 138 Å². The fourth-order valence-electron chi connectivity index (χ4n) is 2.62. The van der Waals surface area contributed by atoms with Crippen LogP contribution in [0.15, 0.2) is 42.5 Å². The molecule has 2 aromatic rings. The van der Waals surface area contributed by atoms with Crippen molar-refractivity contribution in [3.8, 4) is 5.75 Å².